The van der Waals surface area contributed by atoms with Crippen molar-refractivity contribution >= 4 is 23.1 Å². The molecule has 160 valence electrons. The number of aromatic nitrogens is 3. The third kappa shape index (κ3) is 4.30. The number of nitrogens with zero attached hydrogens (tertiary/aromatic N) is 5. The van der Waals surface area contributed by atoms with Gasteiger partial charge < -0.3 is 20.2 Å². The first kappa shape index (κ1) is 19.4. The fourth-order valence-corrected chi connectivity index (χ4v) is 4.15. The van der Waals surface area contributed by atoms with E-state index in [1.165, 1.54) is 0 Å². The van der Waals surface area contributed by atoms with Crippen molar-refractivity contribution in [3.05, 3.63) is 30.2 Å². The van der Waals surface area contributed by atoms with Crippen LogP contribution in [0.2, 0.25) is 0 Å². The molecule has 2 aliphatic heterocycles. The van der Waals surface area contributed by atoms with Crippen LogP contribution in [0, 0.1) is 0 Å². The van der Waals surface area contributed by atoms with Crippen molar-refractivity contribution in [2.24, 2.45) is 0 Å². The quantitative estimate of drug-likeness (QED) is 0.774. The third-order valence-electron chi connectivity index (χ3n) is 5.98. The van der Waals surface area contributed by atoms with Gasteiger partial charge in [0.05, 0.1) is 30.7 Å². The lowest BCUT2D eigenvalue weighted by Gasteiger charge is -2.33. The standard InChI is InChI=1S/C21H26F2N6O/c22-21(23)5-7-29(13-21)20-9-15(28-6-1-2-16(30)12-28)8-18(27-20)26-19-11-24-17(10-25-19)14-3-4-14/h8-11,14,16,30H,1-7,12-13H2,(H,25,26,27). The van der Waals surface area contributed by atoms with Gasteiger partial charge in [-0.25, -0.2) is 18.7 Å². The summed E-state index contributed by atoms with van der Waals surface area (Å²) in [6.45, 7) is 1.27. The van der Waals surface area contributed by atoms with Crippen LogP contribution < -0.4 is 15.1 Å². The molecular weight excluding hydrogens is 390 g/mol. The molecule has 0 bridgehead atoms. The number of alkyl halides is 2. The second kappa shape index (κ2) is 7.61. The molecule has 1 saturated carbocycles. The second-order valence-electron chi connectivity index (χ2n) is 8.56. The summed E-state index contributed by atoms with van der Waals surface area (Å²) in [6, 6.07) is 3.72. The number of hydrogen-bond acceptors (Lipinski definition) is 7. The second-order valence-corrected chi connectivity index (χ2v) is 8.56. The van der Waals surface area contributed by atoms with E-state index >= 15 is 0 Å². The number of nitrogens with one attached hydrogen (secondary N) is 1. The van der Waals surface area contributed by atoms with Gasteiger partial charge in [0.15, 0.2) is 0 Å². The van der Waals surface area contributed by atoms with Crippen LogP contribution in [0.25, 0.3) is 0 Å². The highest BCUT2D eigenvalue weighted by Crippen LogP contribution is 2.39. The highest BCUT2D eigenvalue weighted by Gasteiger charge is 2.39. The fourth-order valence-electron chi connectivity index (χ4n) is 4.15. The van der Waals surface area contributed by atoms with Crippen LogP contribution in [0.3, 0.4) is 0 Å². The summed E-state index contributed by atoms with van der Waals surface area (Å²) in [5, 5.41) is 13.2. The SMILES string of the molecule is OC1CCCN(c2cc(Nc3cnc(C4CC4)cn3)nc(N3CCC(F)(F)C3)c2)C1. The Balaban J connectivity index is 1.42. The molecule has 0 radical (unpaired) electrons. The number of piperidine rings is 1. The van der Waals surface area contributed by atoms with Gasteiger partial charge in [-0.3, -0.25) is 4.98 Å². The highest BCUT2D eigenvalue weighted by atomic mass is 19.3. The minimum atomic E-state index is -2.70. The molecule has 9 heteroatoms. The summed E-state index contributed by atoms with van der Waals surface area (Å²) in [6.07, 6.45) is 6.91. The van der Waals surface area contributed by atoms with Crippen molar-refractivity contribution in [1.82, 2.24) is 15.0 Å². The molecule has 5 rings (SSSR count). The molecule has 2 aromatic heterocycles. The van der Waals surface area contributed by atoms with Crippen LogP contribution in [0.15, 0.2) is 24.5 Å². The van der Waals surface area contributed by atoms with Crippen molar-refractivity contribution in [3.63, 3.8) is 0 Å². The predicted octanol–water partition coefficient (Wildman–Crippen LogP) is 3.30. The van der Waals surface area contributed by atoms with E-state index in [1.807, 2.05) is 12.1 Å². The van der Waals surface area contributed by atoms with Crippen molar-refractivity contribution in [1.29, 1.82) is 0 Å². The summed E-state index contributed by atoms with van der Waals surface area (Å²) in [7, 11) is 0. The number of halogens is 2. The minimum absolute atomic E-state index is 0.168. The van der Waals surface area contributed by atoms with Gasteiger partial charge in [0.2, 0.25) is 0 Å². The smallest absolute Gasteiger partial charge is 0.266 e. The summed E-state index contributed by atoms with van der Waals surface area (Å²) in [4.78, 5) is 17.2. The molecule has 2 aromatic rings. The fraction of sp³-hybridized carbons (Fsp3) is 0.571. The number of β-amino-alcohol motifs (C(OH)–C–C–N with tert-alkyl or cyclic N) is 1. The van der Waals surface area contributed by atoms with Crippen LogP contribution in [-0.4, -0.2) is 58.3 Å². The Hall–Kier alpha value is -2.55. The topological polar surface area (TPSA) is 77.4 Å². The van der Waals surface area contributed by atoms with E-state index in [0.29, 0.717) is 29.9 Å². The predicted molar refractivity (Wildman–Crippen MR) is 111 cm³/mol. The highest BCUT2D eigenvalue weighted by molar-refractivity contribution is 5.65. The molecule has 2 N–H and O–H groups in total. The average molecular weight is 416 g/mol. The van der Waals surface area contributed by atoms with Crippen molar-refractivity contribution < 1.29 is 13.9 Å². The lowest BCUT2D eigenvalue weighted by atomic mass is 10.1. The maximum atomic E-state index is 13.8. The van der Waals surface area contributed by atoms with E-state index in [9.17, 15) is 13.9 Å². The zero-order valence-corrected chi connectivity index (χ0v) is 16.8. The van der Waals surface area contributed by atoms with E-state index in [4.69, 9.17) is 0 Å². The molecule has 30 heavy (non-hydrogen) atoms. The number of rotatable bonds is 5. The first-order chi connectivity index (χ1) is 14.4. The van der Waals surface area contributed by atoms with E-state index in [1.54, 1.807) is 17.3 Å². The van der Waals surface area contributed by atoms with Gasteiger partial charge in [-0.2, -0.15) is 0 Å². The van der Waals surface area contributed by atoms with E-state index in [0.717, 1.165) is 43.6 Å². The zero-order valence-electron chi connectivity index (χ0n) is 16.8. The number of anilines is 4. The molecule has 0 spiro atoms. The first-order valence-electron chi connectivity index (χ1n) is 10.6. The molecule has 7 nitrogen and oxygen atoms in total. The summed E-state index contributed by atoms with van der Waals surface area (Å²) < 4.78 is 27.6. The first-order valence-corrected chi connectivity index (χ1v) is 10.6. The van der Waals surface area contributed by atoms with Crippen LogP contribution in [0.4, 0.5) is 31.9 Å². The Kier molecular flexibility index (Phi) is 4.92. The molecule has 4 heterocycles. The zero-order chi connectivity index (χ0) is 20.7. The summed E-state index contributed by atoms with van der Waals surface area (Å²) >= 11 is 0. The Morgan fingerprint density at radius 2 is 1.90 bits per heavy atom. The van der Waals surface area contributed by atoms with Gasteiger partial charge >= 0.3 is 0 Å². The minimum Gasteiger partial charge on any atom is -0.391 e. The number of aliphatic hydroxyl groups is 1. The van der Waals surface area contributed by atoms with Gasteiger partial charge in [-0.1, -0.05) is 0 Å². The van der Waals surface area contributed by atoms with Crippen molar-refractivity contribution in [2.45, 2.75) is 50.0 Å². The van der Waals surface area contributed by atoms with Crippen molar-refractivity contribution in [2.75, 3.05) is 41.3 Å². The van der Waals surface area contributed by atoms with Crippen LogP contribution >= 0.6 is 0 Å². The average Bonchev–Trinajstić information content (AvgIpc) is 3.51. The van der Waals surface area contributed by atoms with E-state index < -0.39 is 5.92 Å². The molecular formula is C21H26F2N6O. The molecule has 0 aromatic carbocycles. The lowest BCUT2D eigenvalue weighted by Crippen LogP contribution is -2.38. The largest absolute Gasteiger partial charge is 0.391 e. The number of pyridine rings is 1. The molecule has 1 atom stereocenters. The van der Waals surface area contributed by atoms with Gasteiger partial charge in [0, 0.05) is 49.8 Å². The normalized spacial score (nSPS) is 23.6. The molecule has 3 aliphatic rings. The molecule has 3 fully saturated rings. The maximum Gasteiger partial charge on any atom is 0.266 e. The van der Waals surface area contributed by atoms with Crippen LogP contribution in [0.1, 0.15) is 43.7 Å². The Bertz CT molecular complexity index is 885. The monoisotopic (exact) mass is 416 g/mol. The Labute approximate surface area is 174 Å². The molecule has 1 aliphatic carbocycles. The van der Waals surface area contributed by atoms with Gasteiger partial charge in [-0.15, -0.1) is 0 Å². The van der Waals surface area contributed by atoms with Gasteiger partial charge in [0.25, 0.3) is 5.92 Å². The molecule has 1 unspecified atom stereocenters. The van der Waals surface area contributed by atoms with E-state index in [-0.39, 0.29) is 25.6 Å². The van der Waals surface area contributed by atoms with E-state index in [2.05, 4.69) is 25.2 Å². The van der Waals surface area contributed by atoms with Crippen molar-refractivity contribution in [3.8, 4) is 0 Å². The number of hydrogen-bond donors (Lipinski definition) is 2. The summed E-state index contributed by atoms with van der Waals surface area (Å²) in [5.74, 6) is -0.556. The van der Waals surface area contributed by atoms with Gasteiger partial charge in [-0.05, 0) is 25.7 Å². The molecule has 2 saturated heterocycles. The van der Waals surface area contributed by atoms with Crippen LogP contribution in [-0.2, 0) is 0 Å². The maximum absolute atomic E-state index is 13.8. The Morgan fingerprint density at radius 1 is 1.03 bits per heavy atom. The van der Waals surface area contributed by atoms with Crippen LogP contribution in [0.5, 0.6) is 0 Å². The third-order valence-corrected chi connectivity index (χ3v) is 5.98. The summed E-state index contributed by atoms with van der Waals surface area (Å²) in [5.41, 5.74) is 1.86. The van der Waals surface area contributed by atoms with Gasteiger partial charge in [0.1, 0.15) is 17.5 Å². The molecule has 0 amide bonds. The lowest BCUT2D eigenvalue weighted by molar-refractivity contribution is 0.0256. The number of aliphatic hydroxyl groups excluding tert-OH is 1. The Morgan fingerprint density at radius 3 is 2.57 bits per heavy atom.